The van der Waals surface area contributed by atoms with Gasteiger partial charge in [0.1, 0.15) is 17.3 Å². The lowest BCUT2D eigenvalue weighted by Gasteiger charge is -2.26. The van der Waals surface area contributed by atoms with Crippen LogP contribution in [0.2, 0.25) is 0 Å². The molecule has 5 nitrogen and oxygen atoms in total. The van der Waals surface area contributed by atoms with Crippen LogP contribution >= 0.6 is 0 Å². The van der Waals surface area contributed by atoms with Gasteiger partial charge in [0.25, 0.3) is 11.7 Å². The number of Topliss-reactive ketones (excluding diaryl/α,β-unsaturated/α-hetero) is 1. The topological polar surface area (TPSA) is 66.8 Å². The first-order chi connectivity index (χ1) is 15.8. The van der Waals surface area contributed by atoms with Crippen LogP contribution in [0.1, 0.15) is 35.2 Å². The van der Waals surface area contributed by atoms with Crippen molar-refractivity contribution in [1.82, 2.24) is 0 Å². The zero-order valence-electron chi connectivity index (χ0n) is 18.6. The zero-order chi connectivity index (χ0) is 23.7. The predicted octanol–water partition coefficient (Wildman–Crippen LogP) is 5.47. The van der Waals surface area contributed by atoms with Gasteiger partial charge in [-0.3, -0.25) is 14.5 Å². The average Bonchev–Trinajstić information content (AvgIpc) is 3.06. The van der Waals surface area contributed by atoms with Crippen molar-refractivity contribution in [2.45, 2.75) is 26.8 Å². The number of aliphatic hydroxyl groups is 1. The zero-order valence-corrected chi connectivity index (χ0v) is 18.6. The summed E-state index contributed by atoms with van der Waals surface area (Å²) >= 11 is 0. The fourth-order valence-electron chi connectivity index (χ4n) is 4.10. The van der Waals surface area contributed by atoms with Gasteiger partial charge in [0.05, 0.1) is 18.2 Å². The van der Waals surface area contributed by atoms with Crippen LogP contribution in [-0.2, 0) is 9.59 Å². The fourth-order valence-corrected chi connectivity index (χ4v) is 4.10. The molecule has 1 unspecified atom stereocenters. The smallest absolute Gasteiger partial charge is 0.300 e. The first-order valence-corrected chi connectivity index (χ1v) is 10.7. The number of amides is 1. The molecule has 3 aromatic carbocycles. The van der Waals surface area contributed by atoms with Crippen molar-refractivity contribution in [3.8, 4) is 5.75 Å². The number of halogens is 1. The van der Waals surface area contributed by atoms with E-state index in [0.29, 0.717) is 29.2 Å². The SMILES string of the molecule is CCOc1ccc(N2C(=O)C(=O)/C(=C(/O)c3ccc(F)c(C)c3)C2c2ccccc2C)cc1. The van der Waals surface area contributed by atoms with Gasteiger partial charge >= 0.3 is 0 Å². The lowest BCUT2D eigenvalue weighted by atomic mass is 9.92. The van der Waals surface area contributed by atoms with Gasteiger partial charge < -0.3 is 9.84 Å². The van der Waals surface area contributed by atoms with Crippen LogP contribution in [0, 0.1) is 19.7 Å². The Labute approximate surface area is 191 Å². The van der Waals surface area contributed by atoms with E-state index in [0.717, 1.165) is 5.56 Å². The molecule has 33 heavy (non-hydrogen) atoms. The maximum Gasteiger partial charge on any atom is 0.300 e. The molecule has 1 fully saturated rings. The Hall–Kier alpha value is -3.93. The molecule has 0 spiro atoms. The van der Waals surface area contributed by atoms with Crippen LogP contribution in [0.15, 0.2) is 72.3 Å². The summed E-state index contributed by atoms with van der Waals surface area (Å²) in [5.41, 5.74) is 2.65. The minimum Gasteiger partial charge on any atom is -0.507 e. The van der Waals surface area contributed by atoms with E-state index in [-0.39, 0.29) is 16.9 Å². The van der Waals surface area contributed by atoms with Crippen molar-refractivity contribution in [2.24, 2.45) is 0 Å². The van der Waals surface area contributed by atoms with Crippen molar-refractivity contribution in [3.05, 3.63) is 100 Å². The third kappa shape index (κ3) is 4.00. The van der Waals surface area contributed by atoms with E-state index >= 15 is 0 Å². The molecule has 168 valence electrons. The Morgan fingerprint density at radius 2 is 1.70 bits per heavy atom. The van der Waals surface area contributed by atoms with E-state index in [4.69, 9.17) is 4.74 Å². The van der Waals surface area contributed by atoms with Crippen LogP contribution < -0.4 is 9.64 Å². The molecular weight excluding hydrogens is 421 g/mol. The highest BCUT2D eigenvalue weighted by Crippen LogP contribution is 2.43. The molecule has 1 amide bonds. The summed E-state index contributed by atoms with van der Waals surface area (Å²) in [6, 6.07) is 17.5. The first kappa shape index (κ1) is 22.3. The van der Waals surface area contributed by atoms with Gasteiger partial charge in [0, 0.05) is 11.3 Å². The number of ketones is 1. The number of rotatable bonds is 5. The molecule has 6 heteroatoms. The summed E-state index contributed by atoms with van der Waals surface area (Å²) in [6.07, 6.45) is 0. The number of anilines is 1. The molecule has 1 aliphatic rings. The molecule has 1 atom stereocenters. The average molecular weight is 445 g/mol. The molecule has 0 bridgehead atoms. The minimum absolute atomic E-state index is 0.0332. The normalized spacial score (nSPS) is 17.5. The van der Waals surface area contributed by atoms with Crippen molar-refractivity contribution >= 4 is 23.1 Å². The van der Waals surface area contributed by atoms with Crippen LogP contribution in [0.3, 0.4) is 0 Å². The molecule has 0 aliphatic carbocycles. The largest absolute Gasteiger partial charge is 0.507 e. The molecule has 1 aliphatic heterocycles. The number of carbonyl (C=O) groups is 2. The lowest BCUT2D eigenvalue weighted by molar-refractivity contribution is -0.132. The standard InChI is InChI=1S/C27H24FNO4/c1-4-33-20-12-10-19(11-13-20)29-24(21-8-6-5-7-16(21)2)23(26(31)27(29)32)25(30)18-9-14-22(28)17(3)15-18/h5-15,24,30H,4H2,1-3H3/b25-23+. The van der Waals surface area contributed by atoms with Gasteiger partial charge in [-0.15, -0.1) is 0 Å². The van der Waals surface area contributed by atoms with Crippen LogP contribution in [0.5, 0.6) is 5.75 Å². The van der Waals surface area contributed by atoms with Crippen LogP contribution in [-0.4, -0.2) is 23.4 Å². The molecule has 0 aromatic heterocycles. The Morgan fingerprint density at radius 1 is 1.00 bits per heavy atom. The second-order valence-corrected chi connectivity index (χ2v) is 7.92. The summed E-state index contributed by atoms with van der Waals surface area (Å²) in [5, 5.41) is 11.2. The monoisotopic (exact) mass is 445 g/mol. The Kier molecular flexibility index (Phi) is 6.01. The first-order valence-electron chi connectivity index (χ1n) is 10.7. The van der Waals surface area contributed by atoms with E-state index < -0.39 is 23.5 Å². The van der Waals surface area contributed by atoms with Crippen molar-refractivity contribution in [2.75, 3.05) is 11.5 Å². The Morgan fingerprint density at radius 3 is 2.33 bits per heavy atom. The summed E-state index contributed by atoms with van der Waals surface area (Å²) in [4.78, 5) is 27.8. The Bertz CT molecular complexity index is 1260. The van der Waals surface area contributed by atoms with Crippen LogP contribution in [0.4, 0.5) is 10.1 Å². The summed E-state index contributed by atoms with van der Waals surface area (Å²) < 4.78 is 19.3. The van der Waals surface area contributed by atoms with E-state index in [9.17, 15) is 19.1 Å². The van der Waals surface area contributed by atoms with E-state index in [2.05, 4.69) is 0 Å². The third-order valence-corrected chi connectivity index (χ3v) is 5.78. The molecular formula is C27H24FNO4. The quantitative estimate of drug-likeness (QED) is 0.321. The highest BCUT2D eigenvalue weighted by molar-refractivity contribution is 6.51. The van der Waals surface area contributed by atoms with Crippen molar-refractivity contribution in [3.63, 3.8) is 0 Å². The second-order valence-electron chi connectivity index (χ2n) is 7.92. The minimum atomic E-state index is -0.838. The van der Waals surface area contributed by atoms with E-state index in [1.165, 1.54) is 23.1 Å². The van der Waals surface area contributed by atoms with Gasteiger partial charge in [-0.2, -0.15) is 0 Å². The van der Waals surface area contributed by atoms with Gasteiger partial charge in [-0.25, -0.2) is 4.39 Å². The second kappa shape index (κ2) is 8.90. The number of benzene rings is 3. The summed E-state index contributed by atoms with van der Waals surface area (Å²) in [7, 11) is 0. The molecule has 0 radical (unpaired) electrons. The molecule has 4 rings (SSSR count). The van der Waals surface area contributed by atoms with Crippen molar-refractivity contribution in [1.29, 1.82) is 0 Å². The molecule has 0 saturated carbocycles. The molecule has 1 heterocycles. The van der Waals surface area contributed by atoms with Gasteiger partial charge in [0.15, 0.2) is 0 Å². The van der Waals surface area contributed by atoms with E-state index in [1.807, 2.05) is 38.1 Å². The predicted molar refractivity (Wildman–Crippen MR) is 125 cm³/mol. The number of hydrogen-bond donors (Lipinski definition) is 1. The fraction of sp³-hybridized carbons (Fsp3) is 0.185. The van der Waals surface area contributed by atoms with Crippen molar-refractivity contribution < 1.29 is 23.8 Å². The number of aryl methyl sites for hydroxylation is 2. The summed E-state index contributed by atoms with van der Waals surface area (Å²) in [6.45, 7) is 5.84. The van der Waals surface area contributed by atoms with Crippen LogP contribution in [0.25, 0.3) is 5.76 Å². The number of nitrogens with zero attached hydrogens (tertiary/aromatic N) is 1. The Balaban J connectivity index is 1.92. The van der Waals surface area contributed by atoms with Gasteiger partial charge in [-0.05, 0) is 79.9 Å². The molecule has 3 aromatic rings. The highest BCUT2D eigenvalue weighted by Gasteiger charge is 2.47. The maximum absolute atomic E-state index is 13.8. The molecule has 1 N–H and O–H groups in total. The molecule has 1 saturated heterocycles. The van der Waals surface area contributed by atoms with E-state index in [1.54, 1.807) is 31.2 Å². The number of carbonyl (C=O) groups excluding carboxylic acids is 2. The van der Waals surface area contributed by atoms with Gasteiger partial charge in [0.2, 0.25) is 0 Å². The third-order valence-electron chi connectivity index (χ3n) is 5.78. The highest BCUT2D eigenvalue weighted by atomic mass is 19.1. The lowest BCUT2D eigenvalue weighted by Crippen LogP contribution is -2.29. The number of ether oxygens (including phenoxy) is 1. The maximum atomic E-state index is 13.8. The number of aliphatic hydroxyl groups excluding tert-OH is 1. The number of hydrogen-bond acceptors (Lipinski definition) is 4. The van der Waals surface area contributed by atoms with Gasteiger partial charge in [-0.1, -0.05) is 24.3 Å². The summed E-state index contributed by atoms with van der Waals surface area (Å²) in [5.74, 6) is -1.65.